The zero-order valence-corrected chi connectivity index (χ0v) is 16.6. The van der Waals surface area contributed by atoms with Crippen LogP contribution in [-0.2, 0) is 14.6 Å². The molecule has 2 heterocycles. The molecule has 0 aromatic carbocycles. The summed E-state index contributed by atoms with van der Waals surface area (Å²) in [4.78, 5) is 4.61. The molecule has 0 aromatic heterocycles. The van der Waals surface area contributed by atoms with Crippen LogP contribution in [0.4, 0.5) is 0 Å². The second-order valence-corrected chi connectivity index (χ2v) is 8.98. The third-order valence-corrected chi connectivity index (χ3v) is 6.36. The molecule has 0 radical (unpaired) electrons. The topological polar surface area (TPSA) is 79.8 Å². The highest BCUT2D eigenvalue weighted by molar-refractivity contribution is 14.0. The molecule has 2 saturated heterocycles. The van der Waals surface area contributed by atoms with Gasteiger partial charge in [0.1, 0.15) is 0 Å². The summed E-state index contributed by atoms with van der Waals surface area (Å²) >= 11 is 0. The summed E-state index contributed by atoms with van der Waals surface area (Å²) in [5.74, 6) is 1.61. The fourth-order valence-corrected chi connectivity index (χ4v) is 4.84. The van der Waals surface area contributed by atoms with Crippen LogP contribution in [0.25, 0.3) is 0 Å². The molecule has 3 aliphatic rings. The SMILES string of the molecule is I.O=S1(=O)CCC(CN=C(NCC2CCCCO2)NC2CC2)C1. The summed E-state index contributed by atoms with van der Waals surface area (Å²) in [6.45, 7) is 2.23. The summed E-state index contributed by atoms with van der Waals surface area (Å²) in [7, 11) is -2.81. The molecule has 6 nitrogen and oxygen atoms in total. The van der Waals surface area contributed by atoms with E-state index in [1.54, 1.807) is 0 Å². The van der Waals surface area contributed by atoms with Crippen LogP contribution in [0.15, 0.2) is 4.99 Å². The molecular formula is C15H28IN3O3S. The molecular weight excluding hydrogens is 429 g/mol. The highest BCUT2D eigenvalue weighted by Gasteiger charge is 2.28. The molecule has 3 fully saturated rings. The van der Waals surface area contributed by atoms with Crippen LogP contribution < -0.4 is 10.6 Å². The number of nitrogens with one attached hydrogen (secondary N) is 2. The minimum Gasteiger partial charge on any atom is -0.376 e. The van der Waals surface area contributed by atoms with Gasteiger partial charge in [0.2, 0.25) is 0 Å². The largest absolute Gasteiger partial charge is 0.376 e. The first-order chi connectivity index (χ1) is 10.6. The summed E-state index contributed by atoms with van der Waals surface area (Å²) in [5.41, 5.74) is 0. The molecule has 8 heteroatoms. The standard InChI is InChI=1S/C15H27N3O3S.HI/c19-22(20)8-6-12(11-22)9-16-15(18-13-4-5-13)17-10-14-3-1-2-7-21-14;/h12-14H,1-11H2,(H2,16,17,18);1H. The molecule has 0 spiro atoms. The van der Waals surface area contributed by atoms with E-state index in [0.717, 1.165) is 38.4 Å². The van der Waals surface area contributed by atoms with Crippen LogP contribution in [0, 0.1) is 5.92 Å². The van der Waals surface area contributed by atoms with Crippen molar-refractivity contribution in [2.24, 2.45) is 10.9 Å². The molecule has 3 rings (SSSR count). The second-order valence-electron chi connectivity index (χ2n) is 6.75. The van der Waals surface area contributed by atoms with Gasteiger partial charge in [0.05, 0.1) is 17.6 Å². The van der Waals surface area contributed by atoms with Gasteiger partial charge in [0, 0.05) is 25.7 Å². The number of aliphatic imine (C=N–C) groups is 1. The Morgan fingerprint density at radius 3 is 2.61 bits per heavy atom. The van der Waals surface area contributed by atoms with Crippen molar-refractivity contribution in [2.75, 3.05) is 31.2 Å². The number of sulfone groups is 1. The molecule has 1 saturated carbocycles. The van der Waals surface area contributed by atoms with Crippen molar-refractivity contribution in [3.05, 3.63) is 0 Å². The normalized spacial score (nSPS) is 30.5. The van der Waals surface area contributed by atoms with E-state index in [-0.39, 0.29) is 36.0 Å². The lowest BCUT2D eigenvalue weighted by Gasteiger charge is -2.24. The molecule has 2 N–H and O–H groups in total. The number of guanidine groups is 1. The molecule has 2 unspecified atom stereocenters. The number of hydrogen-bond acceptors (Lipinski definition) is 4. The van der Waals surface area contributed by atoms with Gasteiger partial charge in [0.15, 0.2) is 15.8 Å². The Hall–Kier alpha value is -0.0900. The van der Waals surface area contributed by atoms with Crippen molar-refractivity contribution in [3.63, 3.8) is 0 Å². The number of ether oxygens (including phenoxy) is 1. The Kier molecular flexibility index (Phi) is 7.40. The number of nitrogens with zero attached hydrogens (tertiary/aromatic N) is 1. The van der Waals surface area contributed by atoms with Gasteiger partial charge < -0.3 is 15.4 Å². The van der Waals surface area contributed by atoms with Crippen LogP contribution in [0.2, 0.25) is 0 Å². The van der Waals surface area contributed by atoms with Crippen molar-refractivity contribution in [2.45, 2.75) is 50.7 Å². The number of halogens is 1. The zero-order chi connectivity index (χ0) is 15.4. The van der Waals surface area contributed by atoms with E-state index in [0.29, 0.717) is 24.1 Å². The smallest absolute Gasteiger partial charge is 0.191 e. The fraction of sp³-hybridized carbons (Fsp3) is 0.933. The Morgan fingerprint density at radius 2 is 2.00 bits per heavy atom. The maximum Gasteiger partial charge on any atom is 0.191 e. The Morgan fingerprint density at radius 1 is 1.17 bits per heavy atom. The van der Waals surface area contributed by atoms with E-state index in [1.807, 2.05) is 0 Å². The van der Waals surface area contributed by atoms with Crippen LogP contribution in [0.3, 0.4) is 0 Å². The first-order valence-corrected chi connectivity index (χ1v) is 10.3. The van der Waals surface area contributed by atoms with E-state index in [1.165, 1.54) is 19.3 Å². The van der Waals surface area contributed by atoms with Gasteiger partial charge in [-0.3, -0.25) is 4.99 Å². The average molecular weight is 457 g/mol. The van der Waals surface area contributed by atoms with Gasteiger partial charge in [0.25, 0.3) is 0 Å². The molecule has 23 heavy (non-hydrogen) atoms. The van der Waals surface area contributed by atoms with Gasteiger partial charge in [-0.25, -0.2) is 8.42 Å². The van der Waals surface area contributed by atoms with E-state index in [9.17, 15) is 8.42 Å². The Bertz CT molecular complexity index is 502. The third-order valence-electron chi connectivity index (χ3n) is 4.52. The highest BCUT2D eigenvalue weighted by Crippen LogP contribution is 2.20. The van der Waals surface area contributed by atoms with E-state index in [2.05, 4.69) is 15.6 Å². The van der Waals surface area contributed by atoms with Gasteiger partial charge in [-0.15, -0.1) is 24.0 Å². The van der Waals surface area contributed by atoms with Crippen LogP contribution in [-0.4, -0.2) is 57.7 Å². The van der Waals surface area contributed by atoms with Gasteiger partial charge in [-0.1, -0.05) is 0 Å². The van der Waals surface area contributed by atoms with Crippen LogP contribution >= 0.6 is 24.0 Å². The fourth-order valence-electron chi connectivity index (χ4n) is 2.99. The predicted octanol–water partition coefficient (Wildman–Crippen LogP) is 1.31. The lowest BCUT2D eigenvalue weighted by molar-refractivity contribution is 0.0194. The summed E-state index contributed by atoms with van der Waals surface area (Å²) in [6.07, 6.45) is 6.89. The molecule has 0 aromatic rings. The van der Waals surface area contributed by atoms with Crippen molar-refractivity contribution in [1.29, 1.82) is 0 Å². The van der Waals surface area contributed by atoms with Crippen molar-refractivity contribution >= 4 is 39.8 Å². The first kappa shape index (κ1) is 19.2. The van der Waals surface area contributed by atoms with Crippen molar-refractivity contribution in [3.8, 4) is 0 Å². The van der Waals surface area contributed by atoms with Gasteiger partial charge in [-0.2, -0.15) is 0 Å². The van der Waals surface area contributed by atoms with Crippen molar-refractivity contribution < 1.29 is 13.2 Å². The quantitative estimate of drug-likeness (QED) is 0.370. The molecule has 0 amide bonds. The summed E-state index contributed by atoms with van der Waals surface area (Å²) in [6, 6.07) is 0.533. The highest BCUT2D eigenvalue weighted by atomic mass is 127. The molecule has 0 bridgehead atoms. The predicted molar refractivity (Wildman–Crippen MR) is 102 cm³/mol. The third kappa shape index (κ3) is 6.74. The van der Waals surface area contributed by atoms with Gasteiger partial charge in [-0.05, 0) is 44.4 Å². The lowest BCUT2D eigenvalue weighted by Crippen LogP contribution is -2.43. The maximum absolute atomic E-state index is 11.5. The second kappa shape index (κ2) is 8.84. The molecule has 1 aliphatic carbocycles. The minimum absolute atomic E-state index is 0. The minimum atomic E-state index is -2.81. The average Bonchev–Trinajstić information content (AvgIpc) is 3.25. The molecule has 134 valence electrons. The summed E-state index contributed by atoms with van der Waals surface area (Å²) < 4.78 is 28.7. The van der Waals surface area contributed by atoms with Crippen LogP contribution in [0.5, 0.6) is 0 Å². The lowest BCUT2D eigenvalue weighted by atomic mass is 10.1. The van der Waals surface area contributed by atoms with Crippen LogP contribution in [0.1, 0.15) is 38.5 Å². The van der Waals surface area contributed by atoms with E-state index in [4.69, 9.17) is 4.74 Å². The summed E-state index contributed by atoms with van der Waals surface area (Å²) in [5, 5.41) is 6.78. The first-order valence-electron chi connectivity index (χ1n) is 8.47. The van der Waals surface area contributed by atoms with Crippen molar-refractivity contribution in [1.82, 2.24) is 10.6 Å². The zero-order valence-electron chi connectivity index (χ0n) is 13.5. The monoisotopic (exact) mass is 457 g/mol. The van der Waals surface area contributed by atoms with Gasteiger partial charge >= 0.3 is 0 Å². The Balaban J connectivity index is 0.00000192. The molecule has 2 aliphatic heterocycles. The Labute approximate surface area is 156 Å². The van der Waals surface area contributed by atoms with E-state index < -0.39 is 9.84 Å². The number of rotatable bonds is 5. The van der Waals surface area contributed by atoms with E-state index >= 15 is 0 Å². The maximum atomic E-state index is 11.5. The number of hydrogen-bond donors (Lipinski definition) is 2. The molecule has 2 atom stereocenters.